The van der Waals surface area contributed by atoms with E-state index in [9.17, 15) is 4.79 Å². The maximum Gasteiger partial charge on any atom is 0.343 e. The Morgan fingerprint density at radius 1 is 1.19 bits per heavy atom. The summed E-state index contributed by atoms with van der Waals surface area (Å²) < 4.78 is 15.4. The summed E-state index contributed by atoms with van der Waals surface area (Å²) in [4.78, 5) is 12.2. The molecule has 1 heterocycles. The minimum absolute atomic E-state index is 0.101. The third-order valence-electron chi connectivity index (χ3n) is 3.79. The SMILES string of the molecule is COC(=O)COc1ccc(SCc2cc(-c3ccc(Cl)cc3)on2)cc1C. The number of rotatable bonds is 7. The second-order valence-electron chi connectivity index (χ2n) is 5.77. The molecule has 140 valence electrons. The Balaban J connectivity index is 1.59. The van der Waals surface area contributed by atoms with Gasteiger partial charge in [0.25, 0.3) is 0 Å². The predicted octanol–water partition coefficient (Wildman–Crippen LogP) is 5.15. The molecular weight excluding hydrogens is 386 g/mol. The van der Waals surface area contributed by atoms with Crippen LogP contribution in [0.15, 0.2) is 57.9 Å². The maximum atomic E-state index is 11.2. The molecule has 0 unspecified atom stereocenters. The number of benzene rings is 2. The predicted molar refractivity (Wildman–Crippen MR) is 105 cm³/mol. The molecule has 0 aliphatic carbocycles. The van der Waals surface area contributed by atoms with E-state index in [1.54, 1.807) is 11.8 Å². The lowest BCUT2D eigenvalue weighted by Crippen LogP contribution is -2.12. The Bertz CT molecular complexity index is 924. The van der Waals surface area contributed by atoms with Gasteiger partial charge in [-0.25, -0.2) is 4.79 Å². The number of methoxy groups -OCH3 is 1. The molecule has 0 fully saturated rings. The van der Waals surface area contributed by atoms with Gasteiger partial charge in [0, 0.05) is 27.3 Å². The van der Waals surface area contributed by atoms with Gasteiger partial charge in [-0.2, -0.15) is 0 Å². The van der Waals surface area contributed by atoms with E-state index in [2.05, 4.69) is 9.89 Å². The Morgan fingerprint density at radius 3 is 2.67 bits per heavy atom. The van der Waals surface area contributed by atoms with Crippen molar-refractivity contribution in [3.63, 3.8) is 0 Å². The highest BCUT2D eigenvalue weighted by atomic mass is 35.5. The number of hydrogen-bond donors (Lipinski definition) is 0. The molecule has 0 atom stereocenters. The second kappa shape index (κ2) is 8.97. The number of hydrogen-bond acceptors (Lipinski definition) is 6. The molecular formula is C20H18ClNO4S. The first-order chi connectivity index (χ1) is 13.0. The number of aromatic nitrogens is 1. The van der Waals surface area contributed by atoms with Crippen molar-refractivity contribution in [3.8, 4) is 17.1 Å². The van der Waals surface area contributed by atoms with E-state index in [0.29, 0.717) is 22.3 Å². The molecule has 0 radical (unpaired) electrons. The van der Waals surface area contributed by atoms with Crippen LogP contribution in [0.5, 0.6) is 5.75 Å². The molecule has 0 saturated heterocycles. The molecule has 0 bridgehead atoms. The molecule has 7 heteroatoms. The molecule has 0 spiro atoms. The molecule has 2 aromatic carbocycles. The zero-order valence-corrected chi connectivity index (χ0v) is 16.5. The molecule has 0 amide bonds. The van der Waals surface area contributed by atoms with Gasteiger partial charge in [0.1, 0.15) is 5.75 Å². The third-order valence-corrected chi connectivity index (χ3v) is 5.07. The lowest BCUT2D eigenvalue weighted by Gasteiger charge is -2.09. The highest BCUT2D eigenvalue weighted by Crippen LogP contribution is 2.29. The van der Waals surface area contributed by atoms with Crippen LogP contribution in [0.3, 0.4) is 0 Å². The first kappa shape index (κ1) is 19.3. The van der Waals surface area contributed by atoms with Crippen molar-refractivity contribution in [3.05, 3.63) is 64.8 Å². The Labute approximate surface area is 166 Å². The Kier molecular flexibility index (Phi) is 6.42. The van der Waals surface area contributed by atoms with Gasteiger partial charge >= 0.3 is 5.97 Å². The van der Waals surface area contributed by atoms with Gasteiger partial charge in [0.05, 0.1) is 12.8 Å². The van der Waals surface area contributed by atoms with E-state index in [1.807, 2.05) is 55.5 Å². The van der Waals surface area contributed by atoms with Crippen LogP contribution in [0.2, 0.25) is 5.02 Å². The van der Waals surface area contributed by atoms with Crippen LogP contribution in [0.1, 0.15) is 11.3 Å². The third kappa shape index (κ3) is 5.28. The molecule has 27 heavy (non-hydrogen) atoms. The molecule has 1 aromatic heterocycles. The number of thioether (sulfide) groups is 1. The van der Waals surface area contributed by atoms with Crippen molar-refractivity contribution in [2.24, 2.45) is 0 Å². The minimum atomic E-state index is -0.407. The number of carbonyl (C=O) groups is 1. The number of esters is 1. The minimum Gasteiger partial charge on any atom is -0.482 e. The molecule has 0 saturated carbocycles. The van der Waals surface area contributed by atoms with Crippen LogP contribution in [-0.4, -0.2) is 24.8 Å². The fourth-order valence-corrected chi connectivity index (χ4v) is 3.36. The van der Waals surface area contributed by atoms with Crippen LogP contribution in [0.25, 0.3) is 11.3 Å². The van der Waals surface area contributed by atoms with Gasteiger partial charge in [-0.1, -0.05) is 16.8 Å². The van der Waals surface area contributed by atoms with E-state index in [1.165, 1.54) is 7.11 Å². The normalized spacial score (nSPS) is 10.6. The number of carbonyl (C=O) groups excluding carboxylic acids is 1. The maximum absolute atomic E-state index is 11.2. The zero-order chi connectivity index (χ0) is 19.2. The van der Waals surface area contributed by atoms with Gasteiger partial charge < -0.3 is 14.0 Å². The highest BCUT2D eigenvalue weighted by molar-refractivity contribution is 7.98. The van der Waals surface area contributed by atoms with Crippen molar-refractivity contribution < 1.29 is 18.8 Å². The summed E-state index contributed by atoms with van der Waals surface area (Å²) >= 11 is 7.55. The largest absolute Gasteiger partial charge is 0.482 e. The van der Waals surface area contributed by atoms with E-state index < -0.39 is 5.97 Å². The summed E-state index contributed by atoms with van der Waals surface area (Å²) in [5.74, 6) is 1.65. The fraction of sp³-hybridized carbons (Fsp3) is 0.200. The summed E-state index contributed by atoms with van der Waals surface area (Å²) in [5, 5.41) is 4.81. The zero-order valence-electron chi connectivity index (χ0n) is 14.9. The van der Waals surface area contributed by atoms with Crippen molar-refractivity contribution >= 4 is 29.3 Å². The summed E-state index contributed by atoms with van der Waals surface area (Å²) in [5.41, 5.74) is 2.74. The number of nitrogens with zero attached hydrogens (tertiary/aromatic N) is 1. The molecule has 3 rings (SSSR count). The van der Waals surface area contributed by atoms with Gasteiger partial charge in [0.15, 0.2) is 12.4 Å². The molecule has 0 N–H and O–H groups in total. The lowest BCUT2D eigenvalue weighted by atomic mass is 10.2. The Morgan fingerprint density at radius 2 is 1.96 bits per heavy atom. The van der Waals surface area contributed by atoms with Crippen LogP contribution in [0.4, 0.5) is 0 Å². The molecule has 0 aliphatic heterocycles. The topological polar surface area (TPSA) is 61.6 Å². The first-order valence-electron chi connectivity index (χ1n) is 8.20. The van der Waals surface area contributed by atoms with Gasteiger partial charge in [0.2, 0.25) is 0 Å². The van der Waals surface area contributed by atoms with Crippen LogP contribution in [0, 0.1) is 6.92 Å². The van der Waals surface area contributed by atoms with Crippen LogP contribution >= 0.6 is 23.4 Å². The van der Waals surface area contributed by atoms with E-state index >= 15 is 0 Å². The average Bonchev–Trinajstić information content (AvgIpc) is 3.15. The summed E-state index contributed by atoms with van der Waals surface area (Å²) in [7, 11) is 1.33. The highest BCUT2D eigenvalue weighted by Gasteiger charge is 2.09. The summed E-state index contributed by atoms with van der Waals surface area (Å²) in [6, 6.07) is 15.2. The molecule has 0 aliphatic rings. The smallest absolute Gasteiger partial charge is 0.343 e. The first-order valence-corrected chi connectivity index (χ1v) is 9.56. The van der Waals surface area contributed by atoms with Crippen molar-refractivity contribution in [2.45, 2.75) is 17.6 Å². The number of halogens is 1. The van der Waals surface area contributed by atoms with Gasteiger partial charge in [-0.05, 0) is 55.0 Å². The van der Waals surface area contributed by atoms with Gasteiger partial charge in [-0.15, -0.1) is 11.8 Å². The average molecular weight is 404 g/mol. The quantitative estimate of drug-likeness (QED) is 0.401. The van der Waals surface area contributed by atoms with E-state index in [4.69, 9.17) is 20.9 Å². The number of ether oxygens (including phenoxy) is 2. The number of aryl methyl sites for hydroxylation is 1. The standard InChI is InChI=1S/C20H18ClNO4S/c1-13-9-17(7-8-18(13)25-11-20(23)24-2)27-12-16-10-19(26-22-16)14-3-5-15(21)6-4-14/h3-10H,11-12H2,1-2H3. The summed E-state index contributed by atoms with van der Waals surface area (Å²) in [6.07, 6.45) is 0. The van der Waals surface area contributed by atoms with Crippen LogP contribution < -0.4 is 4.74 Å². The van der Waals surface area contributed by atoms with Crippen molar-refractivity contribution in [1.82, 2.24) is 5.16 Å². The van der Waals surface area contributed by atoms with E-state index in [-0.39, 0.29) is 6.61 Å². The van der Waals surface area contributed by atoms with Crippen molar-refractivity contribution in [1.29, 1.82) is 0 Å². The van der Waals surface area contributed by atoms with Crippen molar-refractivity contribution in [2.75, 3.05) is 13.7 Å². The monoisotopic (exact) mass is 403 g/mol. The summed E-state index contributed by atoms with van der Waals surface area (Å²) in [6.45, 7) is 1.83. The Hall–Kier alpha value is -2.44. The fourth-order valence-electron chi connectivity index (χ4n) is 2.36. The van der Waals surface area contributed by atoms with E-state index in [0.717, 1.165) is 21.7 Å². The molecule has 3 aromatic rings. The van der Waals surface area contributed by atoms with Crippen LogP contribution in [-0.2, 0) is 15.3 Å². The van der Waals surface area contributed by atoms with Gasteiger partial charge in [-0.3, -0.25) is 0 Å². The lowest BCUT2D eigenvalue weighted by molar-refractivity contribution is -0.142. The molecule has 5 nitrogen and oxygen atoms in total. The second-order valence-corrected chi connectivity index (χ2v) is 7.26.